The van der Waals surface area contributed by atoms with Gasteiger partial charge in [-0.3, -0.25) is 4.79 Å². The zero-order valence-electron chi connectivity index (χ0n) is 10.1. The fraction of sp³-hybridized carbons (Fsp3) is 0.462. The number of nitrogens with one attached hydrogen (secondary N) is 1. The molecule has 0 fully saturated rings. The molecule has 0 aliphatic carbocycles. The highest BCUT2D eigenvalue weighted by molar-refractivity contribution is 5.78. The van der Waals surface area contributed by atoms with E-state index in [0.717, 1.165) is 5.56 Å². The van der Waals surface area contributed by atoms with E-state index in [1.165, 1.54) is 0 Å². The Bertz CT molecular complexity index is 349. The van der Waals surface area contributed by atoms with E-state index in [1.54, 1.807) is 12.1 Å². The van der Waals surface area contributed by atoms with Gasteiger partial charge >= 0.3 is 0 Å². The van der Waals surface area contributed by atoms with E-state index in [-0.39, 0.29) is 12.5 Å². The topological polar surface area (TPSA) is 75.3 Å². The summed E-state index contributed by atoms with van der Waals surface area (Å²) < 4.78 is 0. The Kier molecular flexibility index (Phi) is 5.49. The van der Waals surface area contributed by atoms with Crippen molar-refractivity contribution in [2.75, 3.05) is 18.9 Å². The van der Waals surface area contributed by atoms with Gasteiger partial charge in [-0.2, -0.15) is 0 Å². The molecule has 4 N–H and O–H groups in total. The summed E-state index contributed by atoms with van der Waals surface area (Å²) in [6.45, 7) is 2.77. The van der Waals surface area contributed by atoms with Gasteiger partial charge in [0.2, 0.25) is 5.91 Å². The van der Waals surface area contributed by atoms with Crippen LogP contribution in [0.5, 0.6) is 0 Å². The largest absolute Gasteiger partial charge is 0.399 e. The molecular formula is C13H20N2O2. The molecule has 0 aliphatic rings. The first-order valence-corrected chi connectivity index (χ1v) is 5.83. The SMILES string of the molecule is CC(CCO)CNC(=O)Cc1ccc(N)cc1. The first-order chi connectivity index (χ1) is 8.11. The van der Waals surface area contributed by atoms with E-state index >= 15 is 0 Å². The Labute approximate surface area is 102 Å². The molecule has 1 amide bonds. The van der Waals surface area contributed by atoms with Crippen molar-refractivity contribution in [3.63, 3.8) is 0 Å². The van der Waals surface area contributed by atoms with E-state index in [9.17, 15) is 4.79 Å². The van der Waals surface area contributed by atoms with Crippen LogP contribution in [-0.4, -0.2) is 24.2 Å². The van der Waals surface area contributed by atoms with Gasteiger partial charge in [0.1, 0.15) is 0 Å². The predicted octanol–water partition coefficient (Wildman–Crippen LogP) is 0.946. The highest BCUT2D eigenvalue weighted by Crippen LogP contribution is 2.06. The summed E-state index contributed by atoms with van der Waals surface area (Å²) >= 11 is 0. The highest BCUT2D eigenvalue weighted by atomic mass is 16.3. The van der Waals surface area contributed by atoms with Crippen LogP contribution in [0.25, 0.3) is 0 Å². The highest BCUT2D eigenvalue weighted by Gasteiger charge is 2.06. The lowest BCUT2D eigenvalue weighted by Crippen LogP contribution is -2.29. The van der Waals surface area contributed by atoms with Crippen LogP contribution in [0.3, 0.4) is 0 Å². The number of aliphatic hydroxyl groups is 1. The maximum atomic E-state index is 11.6. The van der Waals surface area contributed by atoms with Gasteiger partial charge in [0, 0.05) is 18.8 Å². The number of nitrogen functional groups attached to an aromatic ring is 1. The number of carbonyl (C=O) groups excluding carboxylic acids is 1. The van der Waals surface area contributed by atoms with Gasteiger partial charge in [0.05, 0.1) is 6.42 Å². The Morgan fingerprint density at radius 1 is 1.41 bits per heavy atom. The number of hydrogen-bond donors (Lipinski definition) is 3. The minimum atomic E-state index is -0.000406. The smallest absolute Gasteiger partial charge is 0.224 e. The second kappa shape index (κ2) is 6.91. The van der Waals surface area contributed by atoms with Crippen LogP contribution in [0.1, 0.15) is 18.9 Å². The summed E-state index contributed by atoms with van der Waals surface area (Å²) in [5, 5.41) is 11.6. The third kappa shape index (κ3) is 5.36. The van der Waals surface area contributed by atoms with Gasteiger partial charge in [-0.25, -0.2) is 0 Å². The minimum Gasteiger partial charge on any atom is -0.399 e. The Morgan fingerprint density at radius 3 is 2.65 bits per heavy atom. The van der Waals surface area contributed by atoms with Crippen LogP contribution in [0.4, 0.5) is 5.69 Å². The third-order valence-corrected chi connectivity index (χ3v) is 2.61. The zero-order chi connectivity index (χ0) is 12.7. The maximum Gasteiger partial charge on any atom is 0.224 e. The summed E-state index contributed by atoms with van der Waals surface area (Å²) in [5.41, 5.74) is 7.22. The molecule has 0 bridgehead atoms. The molecule has 1 aromatic rings. The Hall–Kier alpha value is -1.55. The first-order valence-electron chi connectivity index (χ1n) is 5.83. The quantitative estimate of drug-likeness (QED) is 0.644. The molecule has 0 saturated carbocycles. The molecule has 0 aromatic heterocycles. The third-order valence-electron chi connectivity index (χ3n) is 2.61. The van der Waals surface area contributed by atoms with Crippen molar-refractivity contribution in [2.24, 2.45) is 5.92 Å². The average molecular weight is 236 g/mol. The van der Waals surface area contributed by atoms with Crippen molar-refractivity contribution in [3.8, 4) is 0 Å². The van der Waals surface area contributed by atoms with Crippen LogP contribution in [0.2, 0.25) is 0 Å². The molecule has 17 heavy (non-hydrogen) atoms. The van der Waals surface area contributed by atoms with Gasteiger partial charge in [-0.15, -0.1) is 0 Å². The molecule has 1 rings (SSSR count). The molecule has 0 spiro atoms. The minimum absolute atomic E-state index is 0.000406. The molecule has 1 aromatic carbocycles. The number of carbonyl (C=O) groups is 1. The fourth-order valence-corrected chi connectivity index (χ4v) is 1.49. The molecule has 1 atom stereocenters. The van der Waals surface area contributed by atoms with Crippen LogP contribution >= 0.6 is 0 Å². The number of nitrogens with two attached hydrogens (primary N) is 1. The van der Waals surface area contributed by atoms with Crippen LogP contribution < -0.4 is 11.1 Å². The molecule has 94 valence electrons. The van der Waals surface area contributed by atoms with E-state index in [4.69, 9.17) is 10.8 Å². The van der Waals surface area contributed by atoms with Crippen molar-refractivity contribution in [3.05, 3.63) is 29.8 Å². The molecule has 0 heterocycles. The summed E-state index contributed by atoms with van der Waals surface area (Å²) in [6, 6.07) is 7.28. The van der Waals surface area contributed by atoms with E-state index in [1.807, 2.05) is 19.1 Å². The lowest BCUT2D eigenvalue weighted by molar-refractivity contribution is -0.120. The Balaban J connectivity index is 2.32. The number of aliphatic hydroxyl groups excluding tert-OH is 1. The second-order valence-electron chi connectivity index (χ2n) is 4.34. The number of hydrogen-bond acceptors (Lipinski definition) is 3. The summed E-state index contributed by atoms with van der Waals surface area (Å²) in [5.74, 6) is 0.301. The van der Waals surface area contributed by atoms with Crippen molar-refractivity contribution in [2.45, 2.75) is 19.8 Å². The second-order valence-corrected chi connectivity index (χ2v) is 4.34. The molecule has 1 unspecified atom stereocenters. The number of amides is 1. The molecule has 0 saturated heterocycles. The maximum absolute atomic E-state index is 11.6. The van der Waals surface area contributed by atoms with Gasteiger partial charge in [0.25, 0.3) is 0 Å². The predicted molar refractivity (Wildman–Crippen MR) is 68.4 cm³/mol. The Morgan fingerprint density at radius 2 is 2.06 bits per heavy atom. The normalized spacial score (nSPS) is 12.1. The monoisotopic (exact) mass is 236 g/mol. The zero-order valence-corrected chi connectivity index (χ0v) is 10.1. The van der Waals surface area contributed by atoms with Crippen molar-refractivity contribution < 1.29 is 9.90 Å². The number of rotatable bonds is 6. The van der Waals surface area contributed by atoms with E-state index < -0.39 is 0 Å². The molecule has 4 nitrogen and oxygen atoms in total. The van der Waals surface area contributed by atoms with Gasteiger partial charge in [0.15, 0.2) is 0 Å². The summed E-state index contributed by atoms with van der Waals surface area (Å²) in [4.78, 5) is 11.6. The van der Waals surface area contributed by atoms with Crippen molar-refractivity contribution in [1.82, 2.24) is 5.32 Å². The van der Waals surface area contributed by atoms with Crippen LogP contribution in [0, 0.1) is 5.92 Å². The first kappa shape index (κ1) is 13.5. The molecule has 0 aliphatic heterocycles. The summed E-state index contributed by atoms with van der Waals surface area (Å²) in [6.07, 6.45) is 1.08. The summed E-state index contributed by atoms with van der Waals surface area (Å²) in [7, 11) is 0. The van der Waals surface area contributed by atoms with Gasteiger partial charge in [-0.1, -0.05) is 19.1 Å². The van der Waals surface area contributed by atoms with E-state index in [2.05, 4.69) is 5.32 Å². The van der Waals surface area contributed by atoms with Crippen molar-refractivity contribution >= 4 is 11.6 Å². The number of anilines is 1. The average Bonchev–Trinajstić information content (AvgIpc) is 2.30. The van der Waals surface area contributed by atoms with E-state index in [0.29, 0.717) is 31.0 Å². The van der Waals surface area contributed by atoms with Crippen molar-refractivity contribution in [1.29, 1.82) is 0 Å². The van der Waals surface area contributed by atoms with Gasteiger partial charge in [-0.05, 0) is 30.0 Å². The lowest BCUT2D eigenvalue weighted by atomic mass is 10.1. The number of benzene rings is 1. The molecule has 4 heteroatoms. The lowest BCUT2D eigenvalue weighted by Gasteiger charge is -2.11. The molecular weight excluding hydrogens is 216 g/mol. The van der Waals surface area contributed by atoms with Crippen LogP contribution in [-0.2, 0) is 11.2 Å². The fourth-order valence-electron chi connectivity index (χ4n) is 1.49. The standard InChI is InChI=1S/C13H20N2O2/c1-10(6-7-16)9-15-13(17)8-11-2-4-12(14)5-3-11/h2-5,10,16H,6-9,14H2,1H3,(H,15,17). The van der Waals surface area contributed by atoms with Crippen LogP contribution in [0.15, 0.2) is 24.3 Å². The molecule has 0 radical (unpaired) electrons. The van der Waals surface area contributed by atoms with Gasteiger partial charge < -0.3 is 16.2 Å².